The van der Waals surface area contributed by atoms with Gasteiger partial charge >= 0.3 is 0 Å². The first-order valence-corrected chi connectivity index (χ1v) is 17.1. The van der Waals surface area contributed by atoms with E-state index in [4.69, 9.17) is 4.74 Å². The largest absolute Gasteiger partial charge is 0.790 e. The first-order valence-electron chi connectivity index (χ1n) is 15.6. The molecule has 8 heteroatoms. The Morgan fingerprint density at radius 1 is 0.810 bits per heavy atom. The third kappa shape index (κ3) is 16.9. The fourth-order valence-electron chi connectivity index (χ4n) is 4.89. The zero-order valence-corrected chi connectivity index (χ0v) is 26.5. The van der Waals surface area contributed by atoms with Gasteiger partial charge < -0.3 is 28.9 Å². The number of methoxy groups -OCH3 is 1. The molecule has 0 aromatic heterocycles. The topological polar surface area (TPSA) is 111 Å². The Morgan fingerprint density at radius 2 is 1.33 bits per heavy atom. The molecule has 0 saturated carbocycles. The zero-order chi connectivity index (χ0) is 30.5. The monoisotopic (exact) mass is 599 g/mol. The standard InChI is InChI=1S/C34H52NO6P/c1-3-4-5-6-7-8-9-10-11-12-13-14-15-16-17-18-34(36)35-32(28-41-42(37,38)39)27-29-19-21-30(22-20-29)31-23-25-33(40-2)26-24-31/h10-11,19-26,32H,3-9,12-18,27-28H2,1-2H3,(H,35,36)(H2,37,38,39)/p-2/b11-10-/t32-/m0/s1. The number of amides is 1. The van der Waals surface area contributed by atoms with Crippen LogP contribution in [-0.2, 0) is 20.3 Å². The number of unbranched alkanes of at least 4 members (excludes halogenated alkanes) is 11. The molecule has 0 unspecified atom stereocenters. The number of benzene rings is 2. The molecule has 0 radical (unpaired) electrons. The number of allylic oxidation sites excluding steroid dienone is 2. The van der Waals surface area contributed by atoms with Crippen molar-refractivity contribution in [2.45, 2.75) is 109 Å². The van der Waals surface area contributed by atoms with Gasteiger partial charge in [0.05, 0.1) is 27.6 Å². The Bertz CT molecular complexity index is 1060. The second-order valence-electron chi connectivity index (χ2n) is 11.0. The Balaban J connectivity index is 1.68. The summed E-state index contributed by atoms with van der Waals surface area (Å²) in [6.45, 7) is 1.86. The van der Waals surface area contributed by atoms with Gasteiger partial charge in [0.2, 0.25) is 5.91 Å². The van der Waals surface area contributed by atoms with Crippen LogP contribution in [0.1, 0.15) is 102 Å². The number of phosphoric ester groups is 1. The molecule has 0 aliphatic carbocycles. The Hall–Kier alpha value is -2.44. The van der Waals surface area contributed by atoms with Crippen molar-refractivity contribution in [1.29, 1.82) is 0 Å². The first kappa shape index (κ1) is 35.8. The predicted octanol–water partition coefficient (Wildman–Crippen LogP) is 7.27. The third-order valence-electron chi connectivity index (χ3n) is 7.32. The highest BCUT2D eigenvalue weighted by Crippen LogP contribution is 2.26. The summed E-state index contributed by atoms with van der Waals surface area (Å²) in [6.07, 6.45) is 20.8. The molecular formula is C34H50NO6P-2. The number of hydrogen-bond donors (Lipinski definition) is 1. The van der Waals surface area contributed by atoms with Gasteiger partial charge in [0.15, 0.2) is 0 Å². The molecule has 0 aliphatic rings. The Kier molecular flexibility index (Phi) is 18.1. The molecule has 0 bridgehead atoms. The number of carbonyl (C=O) groups excluding carboxylic acids is 1. The second-order valence-corrected chi connectivity index (χ2v) is 12.1. The molecule has 234 valence electrons. The molecule has 0 fully saturated rings. The maximum absolute atomic E-state index is 12.6. The highest BCUT2D eigenvalue weighted by Gasteiger charge is 2.15. The molecule has 2 rings (SSSR count). The summed E-state index contributed by atoms with van der Waals surface area (Å²) in [7, 11) is -3.52. The summed E-state index contributed by atoms with van der Waals surface area (Å²) in [5, 5.41) is 2.86. The highest BCUT2D eigenvalue weighted by molar-refractivity contribution is 7.43. The van der Waals surface area contributed by atoms with Gasteiger partial charge in [-0.3, -0.25) is 4.79 Å². The van der Waals surface area contributed by atoms with Crippen molar-refractivity contribution in [2.24, 2.45) is 0 Å². The van der Waals surface area contributed by atoms with Gasteiger partial charge in [-0.25, -0.2) is 0 Å². The van der Waals surface area contributed by atoms with E-state index in [1.165, 1.54) is 51.4 Å². The number of rotatable bonds is 23. The van der Waals surface area contributed by atoms with Crippen LogP contribution in [0.4, 0.5) is 0 Å². The van der Waals surface area contributed by atoms with E-state index in [1.54, 1.807) is 7.11 Å². The summed E-state index contributed by atoms with van der Waals surface area (Å²) in [4.78, 5) is 34.7. The number of nitrogens with one attached hydrogen (secondary N) is 1. The van der Waals surface area contributed by atoms with E-state index < -0.39 is 13.9 Å². The fraction of sp³-hybridized carbons (Fsp3) is 0.559. The van der Waals surface area contributed by atoms with Crippen LogP contribution in [0.25, 0.3) is 11.1 Å². The molecule has 2 aromatic carbocycles. The van der Waals surface area contributed by atoms with Crippen molar-refractivity contribution < 1.29 is 28.4 Å². The van der Waals surface area contributed by atoms with Crippen molar-refractivity contribution in [3.8, 4) is 16.9 Å². The van der Waals surface area contributed by atoms with Crippen molar-refractivity contribution >= 4 is 13.7 Å². The summed E-state index contributed by atoms with van der Waals surface area (Å²) in [6, 6.07) is 14.9. The van der Waals surface area contributed by atoms with Crippen LogP contribution in [0.2, 0.25) is 0 Å². The maximum Gasteiger partial charge on any atom is 0.220 e. The van der Waals surface area contributed by atoms with E-state index >= 15 is 0 Å². The molecule has 7 nitrogen and oxygen atoms in total. The smallest absolute Gasteiger partial charge is 0.220 e. The Morgan fingerprint density at radius 3 is 1.88 bits per heavy atom. The molecule has 0 spiro atoms. The molecule has 0 saturated heterocycles. The molecule has 2 aromatic rings. The van der Waals surface area contributed by atoms with Gasteiger partial charge in [-0.05, 0) is 67.3 Å². The van der Waals surface area contributed by atoms with Gasteiger partial charge in [0, 0.05) is 6.42 Å². The molecule has 42 heavy (non-hydrogen) atoms. The lowest BCUT2D eigenvalue weighted by Crippen LogP contribution is -2.40. The lowest BCUT2D eigenvalue weighted by Gasteiger charge is -2.31. The zero-order valence-electron chi connectivity index (χ0n) is 25.6. The number of ether oxygens (including phenoxy) is 1. The normalized spacial score (nSPS) is 12.5. The maximum atomic E-state index is 12.6. The minimum Gasteiger partial charge on any atom is -0.790 e. The Labute approximate surface area is 253 Å². The fourth-order valence-corrected chi connectivity index (χ4v) is 5.25. The van der Waals surface area contributed by atoms with Crippen LogP contribution >= 0.6 is 7.82 Å². The second kappa shape index (κ2) is 21.3. The van der Waals surface area contributed by atoms with E-state index in [0.29, 0.717) is 12.8 Å². The van der Waals surface area contributed by atoms with E-state index in [1.807, 2.05) is 48.5 Å². The van der Waals surface area contributed by atoms with Crippen LogP contribution in [0.3, 0.4) is 0 Å². The quantitative estimate of drug-likeness (QED) is 0.0817. The summed E-state index contributed by atoms with van der Waals surface area (Å²) < 4.78 is 20.8. The van der Waals surface area contributed by atoms with Gasteiger partial charge in [-0.1, -0.05) is 107 Å². The lowest BCUT2D eigenvalue weighted by atomic mass is 10.0. The molecule has 1 atom stereocenters. The van der Waals surface area contributed by atoms with Crippen molar-refractivity contribution in [1.82, 2.24) is 5.32 Å². The molecule has 0 aliphatic heterocycles. The van der Waals surface area contributed by atoms with E-state index in [-0.39, 0.29) is 12.5 Å². The molecule has 1 N–H and O–H groups in total. The van der Waals surface area contributed by atoms with E-state index in [9.17, 15) is 19.1 Å². The number of carbonyl (C=O) groups is 1. The summed E-state index contributed by atoms with van der Waals surface area (Å²) in [5.41, 5.74) is 2.95. The van der Waals surface area contributed by atoms with E-state index in [2.05, 4.69) is 28.9 Å². The van der Waals surface area contributed by atoms with Crippen LogP contribution in [-0.4, -0.2) is 25.7 Å². The summed E-state index contributed by atoms with van der Waals surface area (Å²) in [5.74, 6) is 0.618. The van der Waals surface area contributed by atoms with Crippen LogP contribution in [0.15, 0.2) is 60.7 Å². The number of hydrogen-bond acceptors (Lipinski definition) is 6. The van der Waals surface area contributed by atoms with Crippen molar-refractivity contribution in [3.05, 3.63) is 66.2 Å². The predicted molar refractivity (Wildman–Crippen MR) is 167 cm³/mol. The van der Waals surface area contributed by atoms with Gasteiger partial charge in [0.25, 0.3) is 0 Å². The molecule has 0 heterocycles. The van der Waals surface area contributed by atoms with Gasteiger partial charge in [0.1, 0.15) is 5.75 Å². The van der Waals surface area contributed by atoms with Crippen LogP contribution in [0.5, 0.6) is 5.75 Å². The van der Waals surface area contributed by atoms with Crippen molar-refractivity contribution in [2.75, 3.05) is 13.7 Å². The average Bonchev–Trinajstić information content (AvgIpc) is 2.98. The van der Waals surface area contributed by atoms with Crippen LogP contribution in [0, 0.1) is 0 Å². The van der Waals surface area contributed by atoms with Gasteiger partial charge in [-0.2, -0.15) is 0 Å². The highest BCUT2D eigenvalue weighted by atomic mass is 31.2. The lowest BCUT2D eigenvalue weighted by molar-refractivity contribution is -0.342. The first-order chi connectivity index (χ1) is 20.3. The van der Waals surface area contributed by atoms with Gasteiger partial charge in [-0.15, -0.1) is 0 Å². The van der Waals surface area contributed by atoms with E-state index in [0.717, 1.165) is 54.5 Å². The van der Waals surface area contributed by atoms with Crippen LogP contribution < -0.4 is 19.8 Å². The molecular weight excluding hydrogens is 549 g/mol. The minimum atomic E-state index is -5.14. The average molecular weight is 600 g/mol. The number of phosphoric acid groups is 1. The van der Waals surface area contributed by atoms with Crippen molar-refractivity contribution in [3.63, 3.8) is 0 Å². The summed E-state index contributed by atoms with van der Waals surface area (Å²) >= 11 is 0. The SMILES string of the molecule is CCCCCCCC/C=C\CCCCCCCC(=O)N[C@H](COP(=O)([O-])[O-])Cc1ccc(-c2ccc(OC)cc2)cc1. The molecule has 1 amide bonds. The minimum absolute atomic E-state index is 0.164. The third-order valence-corrected chi connectivity index (χ3v) is 7.79.